The van der Waals surface area contributed by atoms with Crippen LogP contribution in [0.25, 0.3) is 21.3 Å². The molecule has 4 rings (SSSR count). The summed E-state index contributed by atoms with van der Waals surface area (Å²) in [5.41, 5.74) is 4.04. The highest BCUT2D eigenvalue weighted by Gasteiger charge is 2.27. The minimum Gasteiger partial charge on any atom is -0.467 e. The number of aryl methyl sites for hydroxylation is 1. The number of carbonyl (C=O) groups is 1. The molecule has 0 unspecified atom stereocenters. The first kappa shape index (κ1) is 22.0. The van der Waals surface area contributed by atoms with Gasteiger partial charge < -0.3 is 9.64 Å². The minimum absolute atomic E-state index is 0.0831. The van der Waals surface area contributed by atoms with Crippen molar-refractivity contribution in [3.8, 4) is 17.0 Å². The summed E-state index contributed by atoms with van der Waals surface area (Å²) in [6.07, 6.45) is 1.49. The molecule has 0 fully saturated rings. The number of fused-ring (bicyclic) bond motifs is 1. The van der Waals surface area contributed by atoms with Gasteiger partial charge in [0.2, 0.25) is 5.88 Å². The van der Waals surface area contributed by atoms with Gasteiger partial charge in [0.25, 0.3) is 5.91 Å². The number of carbonyl (C=O) groups excluding carboxylic acids is 1. The van der Waals surface area contributed by atoms with E-state index in [1.54, 1.807) is 11.3 Å². The topological polar surface area (TPSA) is 55.3 Å². The van der Waals surface area contributed by atoms with Gasteiger partial charge in [0.15, 0.2) is 6.61 Å². The highest BCUT2D eigenvalue weighted by molar-refractivity contribution is 7.17. The van der Waals surface area contributed by atoms with E-state index in [0.29, 0.717) is 12.4 Å². The van der Waals surface area contributed by atoms with Crippen LogP contribution in [0.15, 0.2) is 66.3 Å². The van der Waals surface area contributed by atoms with Crippen LogP contribution in [0, 0.1) is 6.92 Å². The van der Waals surface area contributed by atoms with Crippen molar-refractivity contribution in [2.24, 2.45) is 0 Å². The van der Waals surface area contributed by atoms with Crippen LogP contribution >= 0.6 is 11.3 Å². The molecule has 0 aliphatic rings. The van der Waals surface area contributed by atoms with Gasteiger partial charge in [0.05, 0.1) is 5.39 Å². The van der Waals surface area contributed by atoms with E-state index in [4.69, 9.17) is 4.74 Å². The zero-order chi connectivity index (χ0) is 22.7. The fourth-order valence-electron chi connectivity index (χ4n) is 3.58. The Bertz CT molecular complexity index is 1210. The maximum atomic E-state index is 13.2. The van der Waals surface area contributed by atoms with Crippen molar-refractivity contribution >= 4 is 27.5 Å². The lowest BCUT2D eigenvalue weighted by molar-refractivity contribution is -0.139. The largest absolute Gasteiger partial charge is 0.467 e. The third-order valence-electron chi connectivity index (χ3n) is 5.32. The van der Waals surface area contributed by atoms with Crippen molar-refractivity contribution in [2.45, 2.75) is 39.8 Å². The van der Waals surface area contributed by atoms with Crippen LogP contribution in [-0.2, 0) is 11.3 Å². The van der Waals surface area contributed by atoms with Crippen LogP contribution in [0.3, 0.4) is 0 Å². The second-order valence-corrected chi connectivity index (χ2v) is 9.66. The number of thiophene rings is 1. The molecule has 0 saturated carbocycles. The third-order valence-corrected chi connectivity index (χ3v) is 6.21. The van der Waals surface area contributed by atoms with E-state index < -0.39 is 0 Å². The molecular weight excluding hydrogens is 418 g/mol. The smallest absolute Gasteiger partial charge is 0.261 e. The van der Waals surface area contributed by atoms with Crippen LogP contribution in [-0.4, -0.2) is 32.9 Å². The quantitative estimate of drug-likeness (QED) is 0.372. The van der Waals surface area contributed by atoms with E-state index in [9.17, 15) is 4.79 Å². The van der Waals surface area contributed by atoms with Gasteiger partial charge in [-0.25, -0.2) is 9.97 Å². The third kappa shape index (κ3) is 4.81. The molecule has 1 amide bonds. The fourth-order valence-corrected chi connectivity index (χ4v) is 4.48. The number of amides is 1. The fraction of sp³-hybridized carbons (Fsp3) is 0.269. The van der Waals surface area contributed by atoms with Crippen molar-refractivity contribution in [3.05, 3.63) is 77.4 Å². The van der Waals surface area contributed by atoms with Gasteiger partial charge in [-0.1, -0.05) is 60.2 Å². The maximum Gasteiger partial charge on any atom is 0.261 e. The summed E-state index contributed by atoms with van der Waals surface area (Å²) in [7, 11) is 0. The number of hydrogen-bond acceptors (Lipinski definition) is 5. The summed E-state index contributed by atoms with van der Waals surface area (Å²) < 4.78 is 6.00. The highest BCUT2D eigenvalue weighted by Crippen LogP contribution is 2.37. The van der Waals surface area contributed by atoms with Crippen molar-refractivity contribution in [1.82, 2.24) is 14.9 Å². The molecule has 0 bridgehead atoms. The van der Waals surface area contributed by atoms with Gasteiger partial charge in [-0.15, -0.1) is 11.3 Å². The van der Waals surface area contributed by atoms with E-state index in [2.05, 4.69) is 46.5 Å². The lowest BCUT2D eigenvalue weighted by atomic mass is 10.0. The van der Waals surface area contributed by atoms with E-state index in [1.807, 2.05) is 56.0 Å². The lowest BCUT2D eigenvalue weighted by Gasteiger charge is -2.35. The molecule has 2 heterocycles. The zero-order valence-electron chi connectivity index (χ0n) is 18.8. The molecule has 2 aromatic heterocycles. The number of rotatable bonds is 6. The molecule has 0 radical (unpaired) electrons. The van der Waals surface area contributed by atoms with Gasteiger partial charge in [0, 0.05) is 23.0 Å². The molecule has 5 nitrogen and oxygen atoms in total. The van der Waals surface area contributed by atoms with Gasteiger partial charge in [-0.05, 0) is 38.8 Å². The first-order valence-electron chi connectivity index (χ1n) is 10.6. The Morgan fingerprint density at radius 1 is 1.03 bits per heavy atom. The Balaban J connectivity index is 1.58. The normalized spacial score (nSPS) is 11.5. The van der Waals surface area contributed by atoms with Crippen LogP contribution in [0.4, 0.5) is 0 Å². The maximum absolute atomic E-state index is 13.2. The van der Waals surface area contributed by atoms with Crippen LogP contribution < -0.4 is 4.74 Å². The van der Waals surface area contributed by atoms with Crippen LogP contribution in [0.2, 0.25) is 0 Å². The molecule has 32 heavy (non-hydrogen) atoms. The summed E-state index contributed by atoms with van der Waals surface area (Å²) in [6, 6.07) is 18.3. The molecule has 0 aliphatic carbocycles. The van der Waals surface area contributed by atoms with Gasteiger partial charge in [0.1, 0.15) is 11.2 Å². The molecule has 0 aliphatic heterocycles. The van der Waals surface area contributed by atoms with Crippen LogP contribution in [0.5, 0.6) is 5.88 Å². The molecule has 2 aromatic carbocycles. The second-order valence-electron chi connectivity index (χ2n) is 8.80. The van der Waals surface area contributed by atoms with Crippen molar-refractivity contribution in [3.63, 3.8) is 0 Å². The Labute approximate surface area is 192 Å². The molecular formula is C26H27N3O2S. The van der Waals surface area contributed by atoms with Gasteiger partial charge >= 0.3 is 0 Å². The zero-order valence-corrected chi connectivity index (χ0v) is 19.6. The summed E-state index contributed by atoms with van der Waals surface area (Å²) >= 11 is 1.55. The van der Waals surface area contributed by atoms with E-state index >= 15 is 0 Å². The summed E-state index contributed by atoms with van der Waals surface area (Å²) in [5.74, 6) is 0.356. The number of nitrogens with zero attached hydrogens (tertiary/aromatic N) is 3. The van der Waals surface area contributed by atoms with E-state index in [-0.39, 0.29) is 18.1 Å². The first-order valence-corrected chi connectivity index (χ1v) is 11.5. The number of ether oxygens (including phenoxy) is 1. The first-order chi connectivity index (χ1) is 15.3. The highest BCUT2D eigenvalue weighted by atomic mass is 32.1. The Morgan fingerprint density at radius 2 is 1.75 bits per heavy atom. The van der Waals surface area contributed by atoms with Gasteiger partial charge in [-0.2, -0.15) is 0 Å². The molecule has 0 spiro atoms. The molecule has 4 aromatic rings. The van der Waals surface area contributed by atoms with Gasteiger partial charge in [-0.3, -0.25) is 4.79 Å². The van der Waals surface area contributed by atoms with E-state index in [0.717, 1.165) is 26.9 Å². The summed E-state index contributed by atoms with van der Waals surface area (Å²) in [4.78, 5) is 24.6. The number of benzene rings is 2. The molecule has 6 heteroatoms. The number of hydrogen-bond donors (Lipinski definition) is 0. The van der Waals surface area contributed by atoms with E-state index in [1.165, 1.54) is 11.9 Å². The Hall–Kier alpha value is -3.25. The number of aromatic nitrogens is 2. The van der Waals surface area contributed by atoms with Crippen LogP contribution in [0.1, 0.15) is 31.9 Å². The predicted molar refractivity (Wildman–Crippen MR) is 130 cm³/mol. The summed E-state index contributed by atoms with van der Waals surface area (Å²) in [5, 5.41) is 2.91. The predicted octanol–water partition coefficient (Wildman–Crippen LogP) is 5.87. The minimum atomic E-state index is -0.341. The Morgan fingerprint density at radius 3 is 2.44 bits per heavy atom. The molecule has 0 N–H and O–H groups in total. The molecule has 0 saturated heterocycles. The monoisotopic (exact) mass is 445 g/mol. The summed E-state index contributed by atoms with van der Waals surface area (Å²) in [6.45, 7) is 8.61. The average Bonchev–Trinajstić information content (AvgIpc) is 3.21. The Kier molecular flexibility index (Phi) is 6.24. The SMILES string of the molecule is Cc1ccc(-c2csc3ncnc(OCC(=O)N(Cc4ccccc4)C(C)(C)C)c23)cc1. The standard InChI is InChI=1S/C26H27N3O2S/c1-18-10-12-20(13-11-18)21-16-32-25-23(21)24(27-17-28-25)31-15-22(30)29(26(2,3)4)14-19-8-6-5-7-9-19/h5-13,16-17H,14-15H2,1-4H3. The van der Waals surface area contributed by atoms with Crippen molar-refractivity contribution < 1.29 is 9.53 Å². The average molecular weight is 446 g/mol. The second kappa shape index (κ2) is 9.09. The van der Waals surface area contributed by atoms with Crippen molar-refractivity contribution in [2.75, 3.05) is 6.61 Å². The molecule has 164 valence electrons. The molecule has 0 atom stereocenters. The van der Waals surface area contributed by atoms with Crippen molar-refractivity contribution in [1.29, 1.82) is 0 Å². The lowest BCUT2D eigenvalue weighted by Crippen LogP contribution is -2.47.